The van der Waals surface area contributed by atoms with Gasteiger partial charge in [-0.25, -0.2) is 9.02 Å². The summed E-state index contributed by atoms with van der Waals surface area (Å²) < 4.78 is 20.5. The van der Waals surface area contributed by atoms with Crippen molar-refractivity contribution in [1.82, 2.24) is 35.7 Å². The van der Waals surface area contributed by atoms with E-state index in [4.69, 9.17) is 4.63 Å². The van der Waals surface area contributed by atoms with Crippen molar-refractivity contribution in [1.29, 1.82) is 0 Å². The Hall–Kier alpha value is -4.72. The number of anilines is 1. The van der Waals surface area contributed by atoms with Gasteiger partial charge in [-0.1, -0.05) is 57.8 Å². The van der Waals surface area contributed by atoms with Gasteiger partial charge in [0.25, 0.3) is 5.91 Å². The molecule has 1 aliphatic heterocycles. The molecule has 51 heavy (non-hydrogen) atoms. The van der Waals surface area contributed by atoms with Gasteiger partial charge in [0.15, 0.2) is 5.69 Å². The molecular formula is C37H49FN8O5. The Labute approximate surface area is 298 Å². The third kappa shape index (κ3) is 9.54. The lowest BCUT2D eigenvalue weighted by Crippen LogP contribution is -2.56. The molecule has 13 nitrogen and oxygen atoms in total. The van der Waals surface area contributed by atoms with Gasteiger partial charge in [-0.2, -0.15) is 0 Å². The van der Waals surface area contributed by atoms with Gasteiger partial charge < -0.3 is 20.9 Å². The molecule has 3 N–H and O–H groups in total. The zero-order chi connectivity index (χ0) is 36.5. The van der Waals surface area contributed by atoms with Gasteiger partial charge >= 0.3 is 0 Å². The zero-order valence-corrected chi connectivity index (χ0v) is 29.9. The lowest BCUT2D eigenvalue weighted by molar-refractivity contribution is -0.138. The fraction of sp³-hybridized carbons (Fsp3) is 0.541. The van der Waals surface area contributed by atoms with Gasteiger partial charge in [0.05, 0.1) is 11.4 Å². The van der Waals surface area contributed by atoms with Crippen molar-refractivity contribution < 1.29 is 28.2 Å². The van der Waals surface area contributed by atoms with Crippen LogP contribution < -0.4 is 16.0 Å². The molecule has 2 aromatic heterocycles. The highest BCUT2D eigenvalue weighted by Crippen LogP contribution is 2.32. The van der Waals surface area contributed by atoms with Crippen LogP contribution in [0.3, 0.4) is 0 Å². The largest absolute Gasteiger partial charge is 0.344 e. The van der Waals surface area contributed by atoms with Crippen molar-refractivity contribution in [2.45, 2.75) is 90.8 Å². The molecule has 1 saturated carbocycles. The summed E-state index contributed by atoms with van der Waals surface area (Å²) in [5, 5.41) is 15.9. The topological polar surface area (TPSA) is 163 Å². The molecule has 3 aromatic rings. The minimum atomic E-state index is -0.930. The Morgan fingerprint density at radius 2 is 1.73 bits per heavy atom. The second-order valence-corrected chi connectivity index (χ2v) is 13.7. The molecule has 0 spiro atoms. The summed E-state index contributed by atoms with van der Waals surface area (Å²) in [6, 6.07) is 8.34. The van der Waals surface area contributed by atoms with Gasteiger partial charge in [-0.3, -0.25) is 29.1 Å². The van der Waals surface area contributed by atoms with Crippen molar-refractivity contribution in [2.75, 3.05) is 31.5 Å². The summed E-state index contributed by atoms with van der Waals surface area (Å²) >= 11 is 0. The first-order valence-electron chi connectivity index (χ1n) is 18.0. The van der Waals surface area contributed by atoms with Crippen LogP contribution in [0.1, 0.15) is 93.2 Å². The summed E-state index contributed by atoms with van der Waals surface area (Å²) in [6.45, 7) is 10.4. The number of piperazine rings is 1. The Bertz CT molecular complexity index is 1650. The van der Waals surface area contributed by atoms with E-state index in [1.54, 1.807) is 31.0 Å². The number of carbonyl (C=O) groups excluding carboxylic acids is 4. The number of carbonyl (C=O) groups is 4. The molecule has 0 radical (unpaired) electrons. The molecule has 14 heteroatoms. The lowest BCUT2D eigenvalue weighted by atomic mass is 9.79. The summed E-state index contributed by atoms with van der Waals surface area (Å²) in [7, 11) is 0. The highest BCUT2D eigenvalue weighted by Gasteiger charge is 2.36. The fourth-order valence-electron chi connectivity index (χ4n) is 6.88. The van der Waals surface area contributed by atoms with E-state index in [0.29, 0.717) is 56.3 Å². The van der Waals surface area contributed by atoms with E-state index in [1.165, 1.54) is 12.1 Å². The monoisotopic (exact) mass is 704 g/mol. The zero-order valence-electron chi connectivity index (χ0n) is 29.9. The van der Waals surface area contributed by atoms with Crippen molar-refractivity contribution >= 4 is 29.3 Å². The third-order valence-electron chi connectivity index (χ3n) is 10.2. The van der Waals surface area contributed by atoms with Crippen LogP contribution >= 0.6 is 0 Å². The summed E-state index contributed by atoms with van der Waals surface area (Å²) in [6.07, 6.45) is 5.66. The molecule has 0 unspecified atom stereocenters. The SMILES string of the molecule is CCC(=O)N[C@@H](C(=O)N1CCN(Cc2ccccn2)CC1)[C@@H](C)c1ccc(NC(=O)[C@@H](NC(=O)c2nonc2CC)[C@H]2CC[C@H](C)CC2)c(F)c1. The van der Waals surface area contributed by atoms with Crippen LogP contribution in [0, 0.1) is 17.7 Å². The molecule has 4 amide bonds. The van der Waals surface area contributed by atoms with Crippen molar-refractivity contribution in [3.63, 3.8) is 0 Å². The van der Waals surface area contributed by atoms with Crippen LogP contribution in [0.4, 0.5) is 10.1 Å². The van der Waals surface area contributed by atoms with E-state index in [-0.39, 0.29) is 35.5 Å². The summed E-state index contributed by atoms with van der Waals surface area (Å²) in [5.74, 6) is -2.52. The van der Waals surface area contributed by atoms with Gasteiger partial charge in [0, 0.05) is 51.3 Å². The number of hydrogen-bond donors (Lipinski definition) is 3. The smallest absolute Gasteiger partial charge is 0.276 e. The molecule has 2 aliphatic rings. The van der Waals surface area contributed by atoms with Crippen molar-refractivity contribution in [3.05, 3.63) is 71.1 Å². The summed E-state index contributed by atoms with van der Waals surface area (Å²) in [5.41, 5.74) is 1.80. The first-order valence-corrected chi connectivity index (χ1v) is 18.0. The Kier molecular flexibility index (Phi) is 12.9. The van der Waals surface area contributed by atoms with Crippen molar-refractivity contribution in [2.24, 2.45) is 11.8 Å². The highest BCUT2D eigenvalue weighted by molar-refractivity contribution is 6.01. The number of aromatic nitrogens is 3. The maximum Gasteiger partial charge on any atom is 0.276 e. The van der Waals surface area contributed by atoms with E-state index in [1.807, 2.05) is 25.1 Å². The van der Waals surface area contributed by atoms with Gasteiger partial charge in [0.2, 0.25) is 17.7 Å². The van der Waals surface area contributed by atoms with Crippen LogP contribution in [0.2, 0.25) is 0 Å². The number of aryl methyl sites for hydroxylation is 1. The van der Waals surface area contributed by atoms with Gasteiger partial charge in [0.1, 0.15) is 23.6 Å². The first kappa shape index (κ1) is 37.5. The first-order chi connectivity index (χ1) is 24.6. The number of benzene rings is 1. The third-order valence-corrected chi connectivity index (χ3v) is 10.2. The number of nitrogens with one attached hydrogen (secondary N) is 3. The Morgan fingerprint density at radius 3 is 2.37 bits per heavy atom. The maximum absolute atomic E-state index is 15.8. The van der Waals surface area contributed by atoms with Crippen LogP contribution in [-0.2, 0) is 27.3 Å². The van der Waals surface area contributed by atoms with E-state index < -0.39 is 35.6 Å². The van der Waals surface area contributed by atoms with E-state index >= 15 is 4.39 Å². The van der Waals surface area contributed by atoms with Crippen molar-refractivity contribution in [3.8, 4) is 0 Å². The second-order valence-electron chi connectivity index (χ2n) is 13.7. The Morgan fingerprint density at radius 1 is 0.980 bits per heavy atom. The normalized spacial score (nSPS) is 19.8. The van der Waals surface area contributed by atoms with Crippen LogP contribution in [0.25, 0.3) is 0 Å². The average molecular weight is 705 g/mol. The van der Waals surface area contributed by atoms with E-state index in [2.05, 4.69) is 43.1 Å². The number of hydrogen-bond acceptors (Lipinski definition) is 9. The van der Waals surface area contributed by atoms with Gasteiger partial charge in [-0.05, 0) is 66.1 Å². The molecule has 1 aliphatic carbocycles. The number of amides is 4. The van der Waals surface area contributed by atoms with Crippen LogP contribution in [0.15, 0.2) is 47.2 Å². The molecule has 5 rings (SSSR count). The average Bonchev–Trinajstić information content (AvgIpc) is 3.63. The lowest BCUT2D eigenvalue weighted by Gasteiger charge is -2.37. The van der Waals surface area contributed by atoms with E-state index in [0.717, 1.165) is 31.4 Å². The molecular weight excluding hydrogens is 655 g/mol. The molecule has 0 bridgehead atoms. The number of halogens is 1. The molecule has 1 aromatic carbocycles. The highest BCUT2D eigenvalue weighted by atomic mass is 19.1. The van der Waals surface area contributed by atoms with E-state index in [9.17, 15) is 19.2 Å². The standard InChI is InChI=1S/C37H49FN8O5/c1-5-29-34(44-51-43-29)36(49)42-33(25-12-10-23(3)11-13-25)35(48)40-30-15-14-26(21-28(30)38)24(4)32(41-31(47)6-2)37(50)46-19-17-45(18-20-46)22-27-9-7-8-16-39-27/h7-9,14-16,21,23-25,32-33H,5-6,10-13,17-20,22H2,1-4H3,(H,40,48)(H,41,47)(H,42,49)/t23-,24-,25-,32+,33-/m0/s1. The number of pyridine rings is 1. The molecule has 274 valence electrons. The van der Waals surface area contributed by atoms with Crippen LogP contribution in [-0.4, -0.2) is 87.0 Å². The number of rotatable bonds is 13. The van der Waals surface area contributed by atoms with Gasteiger partial charge in [-0.15, -0.1) is 0 Å². The number of nitrogens with zero attached hydrogens (tertiary/aromatic N) is 5. The van der Waals surface area contributed by atoms with Crippen LogP contribution in [0.5, 0.6) is 0 Å². The molecule has 1 saturated heterocycles. The maximum atomic E-state index is 15.8. The predicted molar refractivity (Wildman–Crippen MR) is 188 cm³/mol. The Balaban J connectivity index is 1.27. The summed E-state index contributed by atoms with van der Waals surface area (Å²) in [4.78, 5) is 61.7. The second kappa shape index (κ2) is 17.5. The minimum absolute atomic E-state index is 0.0228. The molecule has 2 fully saturated rings. The molecule has 3 atom stereocenters. The minimum Gasteiger partial charge on any atom is -0.344 e. The predicted octanol–water partition coefficient (Wildman–Crippen LogP) is 4.07. The molecule has 3 heterocycles. The fourth-order valence-corrected chi connectivity index (χ4v) is 6.88. The quantitative estimate of drug-likeness (QED) is 0.238.